The summed E-state index contributed by atoms with van der Waals surface area (Å²) in [4.78, 5) is 21.8. The number of thiophene rings is 1. The van der Waals surface area contributed by atoms with Gasteiger partial charge in [0.05, 0.1) is 16.5 Å². The molecule has 7 rings (SSSR count). The van der Waals surface area contributed by atoms with E-state index in [1.54, 1.807) is 23.1 Å². The molecule has 13 heteroatoms. The molecule has 3 aromatic carbocycles. The second kappa shape index (κ2) is 14.6. The minimum absolute atomic E-state index is 0.0827. The lowest BCUT2D eigenvalue weighted by molar-refractivity contribution is -0.186. The number of carbonyl (C=O) groups excluding carboxylic acids is 1. The molecule has 0 bridgehead atoms. The molecule has 0 spiro atoms. The fourth-order valence-electron chi connectivity index (χ4n) is 5.98. The summed E-state index contributed by atoms with van der Waals surface area (Å²) >= 11 is 14.2. The van der Waals surface area contributed by atoms with Crippen LogP contribution in [0.4, 0.5) is 17.1 Å². The fraction of sp³-hybridized carbons (Fsp3) is 0.286. The van der Waals surface area contributed by atoms with Crippen LogP contribution in [0.25, 0.3) is 0 Å². The number of aromatic nitrogens is 3. The van der Waals surface area contributed by atoms with Gasteiger partial charge in [0.25, 0.3) is 5.91 Å². The smallest absolute Gasteiger partial charge is 0.265 e. The number of benzene rings is 3. The van der Waals surface area contributed by atoms with Crippen LogP contribution in [0.1, 0.15) is 21.7 Å². The number of carbonyl (C=O) groups is 1. The van der Waals surface area contributed by atoms with Crippen LogP contribution < -0.4 is 19.9 Å². The van der Waals surface area contributed by atoms with Gasteiger partial charge in [-0.2, -0.15) is 5.10 Å². The van der Waals surface area contributed by atoms with Crippen molar-refractivity contribution >= 4 is 57.5 Å². The van der Waals surface area contributed by atoms with Gasteiger partial charge in [0.2, 0.25) is 0 Å². The molecule has 2 atom stereocenters. The van der Waals surface area contributed by atoms with E-state index in [0.717, 1.165) is 54.6 Å². The van der Waals surface area contributed by atoms with Gasteiger partial charge in [-0.05, 0) is 72.1 Å². The number of ether oxygens (including phenoxy) is 3. The predicted octanol–water partition coefficient (Wildman–Crippen LogP) is 6.96. The number of halogens is 2. The van der Waals surface area contributed by atoms with Crippen LogP contribution in [0.15, 0.2) is 96.9 Å². The Kier molecular flexibility index (Phi) is 9.83. The van der Waals surface area contributed by atoms with Crippen molar-refractivity contribution in [3.05, 3.63) is 117 Å². The molecule has 0 aliphatic carbocycles. The normalized spacial score (nSPS) is 19.4. The van der Waals surface area contributed by atoms with Crippen molar-refractivity contribution in [2.24, 2.45) is 0 Å². The molecular weight excluding hydrogens is 671 g/mol. The van der Waals surface area contributed by atoms with E-state index >= 15 is 0 Å². The molecule has 2 aliphatic heterocycles. The van der Waals surface area contributed by atoms with Crippen LogP contribution in [0.2, 0.25) is 10.0 Å². The van der Waals surface area contributed by atoms with Gasteiger partial charge in [-0.25, -0.2) is 4.98 Å². The average molecular weight is 706 g/mol. The second-order valence-electron chi connectivity index (χ2n) is 11.6. The molecule has 48 heavy (non-hydrogen) atoms. The van der Waals surface area contributed by atoms with Crippen molar-refractivity contribution in [1.82, 2.24) is 14.8 Å². The highest BCUT2D eigenvalue weighted by atomic mass is 35.5. The Labute approximate surface area is 292 Å². The second-order valence-corrected chi connectivity index (χ2v) is 13.4. The molecule has 2 aromatic heterocycles. The number of nitrogens with zero attached hydrogens (tertiary/aromatic N) is 5. The van der Waals surface area contributed by atoms with E-state index in [2.05, 4.69) is 49.5 Å². The van der Waals surface area contributed by atoms with E-state index < -0.39 is 5.79 Å². The molecule has 10 nitrogen and oxygen atoms in total. The summed E-state index contributed by atoms with van der Waals surface area (Å²) in [6.07, 6.45) is 3.34. The lowest BCUT2D eigenvalue weighted by atomic mass is 10.0. The lowest BCUT2D eigenvalue weighted by Crippen LogP contribution is -2.46. The molecule has 2 aliphatic rings. The van der Waals surface area contributed by atoms with Crippen molar-refractivity contribution < 1.29 is 19.0 Å². The highest BCUT2D eigenvalue weighted by Crippen LogP contribution is 2.42. The monoisotopic (exact) mass is 704 g/mol. The van der Waals surface area contributed by atoms with Crippen LogP contribution in [0, 0.1) is 0 Å². The Bertz CT molecular complexity index is 1800. The fourth-order valence-corrected chi connectivity index (χ4v) is 7.15. The molecule has 1 N–H and O–H groups in total. The standard InChI is InChI=1S/C35H34Cl2N6O4S/c36-25-3-12-31(32(37)20-25)35(13-14-43-24-38-23-39-43)46-22-30(47-35)21-45-29-10-8-28(9-11-29)42-17-15-41(16-18-42)27-6-4-26(5-7-27)40-34(44)33-2-1-19-48-33/h1-12,19-20,23-24,30H,13-18,21-22H2,(H,40,44)/t30-,35+/m1/s1. The van der Waals surface area contributed by atoms with E-state index in [-0.39, 0.29) is 12.0 Å². The van der Waals surface area contributed by atoms with Gasteiger partial charge in [-0.3, -0.25) is 9.48 Å². The van der Waals surface area contributed by atoms with Crippen LogP contribution in [-0.4, -0.2) is 66.2 Å². The first-order valence-corrected chi connectivity index (χ1v) is 17.4. The zero-order valence-electron chi connectivity index (χ0n) is 26.0. The Morgan fingerprint density at radius 2 is 1.71 bits per heavy atom. The van der Waals surface area contributed by atoms with Crippen molar-refractivity contribution in [1.29, 1.82) is 0 Å². The van der Waals surface area contributed by atoms with Crippen molar-refractivity contribution in [2.45, 2.75) is 24.9 Å². The molecule has 2 saturated heterocycles. The minimum Gasteiger partial charge on any atom is -0.491 e. The summed E-state index contributed by atoms with van der Waals surface area (Å²) in [6.45, 7) is 4.80. The number of amides is 1. The van der Waals surface area contributed by atoms with Crippen molar-refractivity contribution in [3.8, 4) is 5.75 Å². The number of anilines is 3. The van der Waals surface area contributed by atoms with E-state index in [1.807, 2.05) is 47.8 Å². The van der Waals surface area contributed by atoms with Crippen LogP contribution in [-0.2, 0) is 21.8 Å². The Hall–Kier alpha value is -4.13. The SMILES string of the molecule is O=C(Nc1ccc(N2CCN(c3ccc(OC[C@@H]4CO[C@](CCn5cncn5)(c5ccc(Cl)cc5Cl)O4)cc3)CC2)cc1)c1cccs1. The number of hydrogen-bond donors (Lipinski definition) is 1. The Balaban J connectivity index is 0.905. The first kappa shape index (κ1) is 32.4. The summed E-state index contributed by atoms with van der Waals surface area (Å²) in [7, 11) is 0. The van der Waals surface area contributed by atoms with Gasteiger partial charge in [-0.15, -0.1) is 11.3 Å². The van der Waals surface area contributed by atoms with Crippen molar-refractivity contribution in [3.63, 3.8) is 0 Å². The van der Waals surface area contributed by atoms with Gasteiger partial charge >= 0.3 is 0 Å². The molecular formula is C35H34Cl2N6O4S. The highest BCUT2D eigenvalue weighted by Gasteiger charge is 2.44. The van der Waals surface area contributed by atoms with Crippen LogP contribution in [0.3, 0.4) is 0 Å². The van der Waals surface area contributed by atoms with E-state index in [1.165, 1.54) is 17.7 Å². The van der Waals surface area contributed by atoms with Crippen molar-refractivity contribution in [2.75, 3.05) is 54.5 Å². The summed E-state index contributed by atoms with van der Waals surface area (Å²) < 4.78 is 20.7. The van der Waals surface area contributed by atoms with Gasteiger partial charge in [0.15, 0.2) is 5.79 Å². The zero-order valence-corrected chi connectivity index (χ0v) is 28.3. The molecule has 5 aromatic rings. The Morgan fingerprint density at radius 1 is 0.979 bits per heavy atom. The third-order valence-electron chi connectivity index (χ3n) is 8.49. The lowest BCUT2D eigenvalue weighted by Gasteiger charge is -2.37. The maximum absolute atomic E-state index is 12.4. The summed E-state index contributed by atoms with van der Waals surface area (Å²) in [6, 6.07) is 25.3. The number of aryl methyl sites for hydroxylation is 1. The van der Waals surface area contributed by atoms with Gasteiger partial charge in [-0.1, -0.05) is 35.3 Å². The zero-order chi connectivity index (χ0) is 32.9. The largest absolute Gasteiger partial charge is 0.491 e. The molecule has 248 valence electrons. The molecule has 4 heterocycles. The van der Waals surface area contributed by atoms with E-state index in [9.17, 15) is 4.79 Å². The van der Waals surface area contributed by atoms with Crippen LogP contribution >= 0.6 is 34.5 Å². The van der Waals surface area contributed by atoms with E-state index in [4.69, 9.17) is 37.4 Å². The number of nitrogens with one attached hydrogen (secondary N) is 1. The topological polar surface area (TPSA) is 94.0 Å². The molecule has 0 unspecified atom stereocenters. The van der Waals surface area contributed by atoms with Gasteiger partial charge < -0.3 is 29.3 Å². The summed E-state index contributed by atoms with van der Waals surface area (Å²) in [5.74, 6) is -0.381. The number of piperazine rings is 1. The molecule has 1 amide bonds. The first-order valence-electron chi connectivity index (χ1n) is 15.7. The summed E-state index contributed by atoms with van der Waals surface area (Å²) in [5.41, 5.74) is 3.81. The number of rotatable bonds is 11. The highest BCUT2D eigenvalue weighted by molar-refractivity contribution is 7.12. The van der Waals surface area contributed by atoms with Gasteiger partial charge in [0.1, 0.15) is 31.1 Å². The summed E-state index contributed by atoms with van der Waals surface area (Å²) in [5, 5.41) is 10.1. The third kappa shape index (κ3) is 7.45. The number of hydrogen-bond acceptors (Lipinski definition) is 9. The minimum atomic E-state index is -1.06. The Morgan fingerprint density at radius 3 is 2.35 bits per heavy atom. The average Bonchev–Trinajstić information content (AvgIpc) is 3.91. The van der Waals surface area contributed by atoms with E-state index in [0.29, 0.717) is 41.1 Å². The molecule has 2 fully saturated rings. The first-order chi connectivity index (χ1) is 23.4. The third-order valence-corrected chi connectivity index (χ3v) is 9.91. The quantitative estimate of drug-likeness (QED) is 0.158. The molecule has 0 saturated carbocycles. The predicted molar refractivity (Wildman–Crippen MR) is 189 cm³/mol. The van der Waals surface area contributed by atoms with Crippen LogP contribution in [0.5, 0.6) is 5.75 Å². The maximum Gasteiger partial charge on any atom is 0.265 e. The van der Waals surface area contributed by atoms with Gasteiger partial charge in [0, 0.05) is 66.8 Å². The maximum atomic E-state index is 12.4. The molecule has 0 radical (unpaired) electrons.